The average Bonchev–Trinajstić information content (AvgIpc) is 2.42. The summed E-state index contributed by atoms with van der Waals surface area (Å²) >= 11 is 3.23. The van der Waals surface area contributed by atoms with Crippen LogP contribution in [0.25, 0.3) is 0 Å². The second kappa shape index (κ2) is 6.26. The highest BCUT2D eigenvalue weighted by atomic mass is 79.9. The molecule has 21 heavy (non-hydrogen) atoms. The van der Waals surface area contributed by atoms with Crippen LogP contribution in [0.2, 0.25) is 0 Å². The Morgan fingerprint density at radius 1 is 1.14 bits per heavy atom. The molecule has 1 aliphatic rings. The van der Waals surface area contributed by atoms with Crippen LogP contribution >= 0.6 is 15.9 Å². The van der Waals surface area contributed by atoms with Crippen molar-refractivity contribution in [2.75, 3.05) is 0 Å². The zero-order chi connectivity index (χ0) is 14.8. The molecule has 2 nitrogen and oxygen atoms in total. The lowest BCUT2D eigenvalue weighted by Crippen LogP contribution is -2.29. The maximum Gasteiger partial charge on any atom is 0.137 e. The molecule has 0 saturated heterocycles. The number of nitrogens with two attached hydrogens (primary N) is 1. The number of hydrazine groups is 1. The quantitative estimate of drug-likeness (QED) is 0.634. The van der Waals surface area contributed by atoms with Crippen LogP contribution in [0, 0.1) is 5.82 Å². The molecule has 2 aromatic rings. The number of nitrogens with one attached hydrogen (secondary N) is 1. The first kappa shape index (κ1) is 14.7. The predicted molar refractivity (Wildman–Crippen MR) is 86.3 cm³/mol. The Morgan fingerprint density at radius 3 is 2.52 bits per heavy atom. The van der Waals surface area contributed by atoms with E-state index in [-0.39, 0.29) is 11.9 Å². The summed E-state index contributed by atoms with van der Waals surface area (Å²) in [6.07, 6.45) is 3.86. The van der Waals surface area contributed by atoms with Gasteiger partial charge in [0.15, 0.2) is 0 Å². The van der Waals surface area contributed by atoms with Crippen molar-refractivity contribution < 1.29 is 4.39 Å². The number of halogens is 2. The smallest absolute Gasteiger partial charge is 0.137 e. The molecule has 1 saturated carbocycles. The van der Waals surface area contributed by atoms with Gasteiger partial charge >= 0.3 is 0 Å². The largest absolute Gasteiger partial charge is 0.271 e. The van der Waals surface area contributed by atoms with E-state index in [1.165, 1.54) is 30.9 Å². The third kappa shape index (κ3) is 3.03. The molecule has 0 spiro atoms. The van der Waals surface area contributed by atoms with Crippen LogP contribution in [0.3, 0.4) is 0 Å². The van der Waals surface area contributed by atoms with E-state index >= 15 is 0 Å². The molecule has 0 amide bonds. The first-order valence-corrected chi connectivity index (χ1v) is 7.99. The van der Waals surface area contributed by atoms with Gasteiger partial charge in [-0.05, 0) is 63.5 Å². The van der Waals surface area contributed by atoms with Crippen LogP contribution < -0.4 is 11.3 Å². The van der Waals surface area contributed by atoms with Crippen molar-refractivity contribution in [3.63, 3.8) is 0 Å². The topological polar surface area (TPSA) is 38.0 Å². The second-order valence-corrected chi connectivity index (χ2v) is 6.43. The minimum absolute atomic E-state index is 0.137. The van der Waals surface area contributed by atoms with Gasteiger partial charge in [-0.3, -0.25) is 5.84 Å². The van der Waals surface area contributed by atoms with Gasteiger partial charge in [0.05, 0.1) is 10.5 Å². The molecule has 0 heterocycles. The highest BCUT2D eigenvalue weighted by Gasteiger charge is 2.21. The molecule has 0 aromatic heterocycles. The van der Waals surface area contributed by atoms with E-state index < -0.39 is 0 Å². The average molecular weight is 349 g/mol. The third-order valence-electron chi connectivity index (χ3n) is 4.26. The van der Waals surface area contributed by atoms with Gasteiger partial charge in [0.25, 0.3) is 0 Å². The molecule has 2 aromatic carbocycles. The van der Waals surface area contributed by atoms with Crippen LogP contribution in [0.1, 0.15) is 47.9 Å². The maximum absolute atomic E-state index is 13.4. The lowest BCUT2D eigenvalue weighted by atomic mass is 9.79. The molecule has 1 unspecified atom stereocenters. The summed E-state index contributed by atoms with van der Waals surface area (Å²) in [5, 5.41) is 0. The number of hydrogen-bond acceptors (Lipinski definition) is 2. The predicted octanol–water partition coefficient (Wildman–Crippen LogP) is 4.41. The Kier molecular flexibility index (Phi) is 4.38. The highest BCUT2D eigenvalue weighted by molar-refractivity contribution is 9.10. The molecule has 3 N–H and O–H groups in total. The minimum atomic E-state index is -0.266. The summed E-state index contributed by atoms with van der Waals surface area (Å²) in [5.41, 5.74) is 6.27. The van der Waals surface area contributed by atoms with Gasteiger partial charge in [-0.2, -0.15) is 0 Å². The normalized spacial score (nSPS) is 16.5. The molecular weight excluding hydrogens is 331 g/mol. The lowest BCUT2D eigenvalue weighted by Gasteiger charge is -2.27. The second-order valence-electron chi connectivity index (χ2n) is 5.57. The van der Waals surface area contributed by atoms with Crippen molar-refractivity contribution in [1.82, 2.24) is 5.43 Å². The Balaban J connectivity index is 1.93. The highest BCUT2D eigenvalue weighted by Crippen LogP contribution is 2.37. The SMILES string of the molecule is NNC(c1cccc(C2CCC2)c1)c1ccc(F)c(Br)c1. The first-order valence-electron chi connectivity index (χ1n) is 7.20. The molecule has 0 radical (unpaired) electrons. The van der Waals surface area contributed by atoms with Gasteiger partial charge in [-0.1, -0.05) is 36.8 Å². The standard InChI is InChI=1S/C17H18BrFN2/c18-15-10-14(7-8-16(15)19)17(21-20)13-6-2-5-12(9-13)11-3-1-4-11/h2,5-11,17,21H,1,3-4,20H2. The van der Waals surface area contributed by atoms with Crippen LogP contribution in [-0.2, 0) is 0 Å². The molecule has 1 aliphatic carbocycles. The fourth-order valence-corrected chi connectivity index (χ4v) is 3.21. The van der Waals surface area contributed by atoms with Crippen molar-refractivity contribution in [2.24, 2.45) is 5.84 Å². The van der Waals surface area contributed by atoms with E-state index in [4.69, 9.17) is 5.84 Å². The van der Waals surface area contributed by atoms with E-state index in [9.17, 15) is 4.39 Å². The summed E-state index contributed by atoms with van der Waals surface area (Å²) in [6.45, 7) is 0. The minimum Gasteiger partial charge on any atom is -0.271 e. The van der Waals surface area contributed by atoms with Crippen molar-refractivity contribution >= 4 is 15.9 Å². The molecule has 0 aliphatic heterocycles. The van der Waals surface area contributed by atoms with Gasteiger partial charge in [0.1, 0.15) is 5.82 Å². The molecule has 4 heteroatoms. The molecule has 1 fully saturated rings. The Hall–Kier alpha value is -1.23. The van der Waals surface area contributed by atoms with E-state index in [0.29, 0.717) is 10.4 Å². The first-order chi connectivity index (χ1) is 10.2. The molecule has 3 rings (SSSR count). The summed E-state index contributed by atoms with van der Waals surface area (Å²) in [5.74, 6) is 6.16. The number of hydrogen-bond donors (Lipinski definition) is 2. The Bertz CT molecular complexity index is 640. The summed E-state index contributed by atoms with van der Waals surface area (Å²) in [4.78, 5) is 0. The Labute approximate surface area is 132 Å². The molecule has 1 atom stereocenters. The third-order valence-corrected chi connectivity index (χ3v) is 4.87. The van der Waals surface area contributed by atoms with Crippen LogP contribution in [0.5, 0.6) is 0 Å². The zero-order valence-corrected chi connectivity index (χ0v) is 13.2. The van der Waals surface area contributed by atoms with Crippen molar-refractivity contribution in [3.05, 3.63) is 69.4 Å². The molecule has 110 valence electrons. The summed E-state index contributed by atoms with van der Waals surface area (Å²) < 4.78 is 13.8. The summed E-state index contributed by atoms with van der Waals surface area (Å²) in [6, 6.07) is 13.4. The number of rotatable bonds is 4. The van der Waals surface area contributed by atoms with Gasteiger partial charge in [-0.15, -0.1) is 0 Å². The van der Waals surface area contributed by atoms with Crippen molar-refractivity contribution in [3.8, 4) is 0 Å². The van der Waals surface area contributed by atoms with E-state index in [1.54, 1.807) is 12.1 Å². The van der Waals surface area contributed by atoms with Crippen LogP contribution in [0.15, 0.2) is 46.9 Å². The van der Waals surface area contributed by atoms with E-state index in [0.717, 1.165) is 11.1 Å². The fourth-order valence-electron chi connectivity index (χ4n) is 2.81. The van der Waals surface area contributed by atoms with Gasteiger partial charge < -0.3 is 0 Å². The van der Waals surface area contributed by atoms with Gasteiger partial charge in [0.2, 0.25) is 0 Å². The van der Waals surface area contributed by atoms with Gasteiger partial charge in [0, 0.05) is 0 Å². The molecular formula is C17H18BrFN2. The van der Waals surface area contributed by atoms with Gasteiger partial charge in [-0.25, -0.2) is 9.82 Å². The fraction of sp³-hybridized carbons (Fsp3) is 0.294. The number of benzene rings is 2. The Morgan fingerprint density at radius 2 is 1.90 bits per heavy atom. The summed E-state index contributed by atoms with van der Waals surface area (Å²) in [7, 11) is 0. The maximum atomic E-state index is 13.4. The van der Waals surface area contributed by atoms with Crippen LogP contribution in [0.4, 0.5) is 4.39 Å². The van der Waals surface area contributed by atoms with E-state index in [1.807, 2.05) is 0 Å². The van der Waals surface area contributed by atoms with Crippen molar-refractivity contribution in [2.45, 2.75) is 31.2 Å². The molecule has 0 bridgehead atoms. The lowest BCUT2D eigenvalue weighted by molar-refractivity contribution is 0.419. The van der Waals surface area contributed by atoms with Crippen molar-refractivity contribution in [1.29, 1.82) is 0 Å². The van der Waals surface area contributed by atoms with Crippen LogP contribution in [-0.4, -0.2) is 0 Å². The zero-order valence-electron chi connectivity index (χ0n) is 11.7. The van der Waals surface area contributed by atoms with E-state index in [2.05, 4.69) is 45.6 Å². The monoisotopic (exact) mass is 348 g/mol.